The first kappa shape index (κ1) is 20.7. The lowest BCUT2D eigenvalue weighted by Crippen LogP contribution is -2.50. The molecule has 5 rings (SSSR count). The van der Waals surface area contributed by atoms with Gasteiger partial charge in [-0.15, -0.1) is 0 Å². The molecule has 0 atom stereocenters. The van der Waals surface area contributed by atoms with Gasteiger partial charge < -0.3 is 14.4 Å². The smallest absolute Gasteiger partial charge is 0.257 e. The highest BCUT2D eigenvalue weighted by Crippen LogP contribution is 2.32. The number of hydrogen-bond donors (Lipinski definition) is 0. The summed E-state index contributed by atoms with van der Waals surface area (Å²) < 4.78 is 24.9. The van der Waals surface area contributed by atoms with Crippen molar-refractivity contribution in [1.29, 1.82) is 0 Å². The van der Waals surface area contributed by atoms with E-state index < -0.39 is 5.82 Å². The molecule has 1 saturated heterocycles. The van der Waals surface area contributed by atoms with Gasteiger partial charge in [-0.2, -0.15) is 0 Å². The fourth-order valence-electron chi connectivity index (χ4n) is 4.58. The first-order valence-electron chi connectivity index (χ1n) is 10.9. The van der Waals surface area contributed by atoms with E-state index in [2.05, 4.69) is 53.4 Å². The third-order valence-corrected chi connectivity index (χ3v) is 6.10. The van der Waals surface area contributed by atoms with E-state index in [0.717, 1.165) is 13.1 Å². The van der Waals surface area contributed by atoms with Crippen molar-refractivity contribution in [3.05, 3.63) is 101 Å². The second-order valence-electron chi connectivity index (χ2n) is 8.10. The van der Waals surface area contributed by atoms with Crippen LogP contribution in [-0.4, -0.2) is 48.7 Å². The highest BCUT2D eigenvalue weighted by molar-refractivity contribution is 5.97. The number of amides is 1. The van der Waals surface area contributed by atoms with Crippen LogP contribution in [0, 0.1) is 5.82 Å². The van der Waals surface area contributed by atoms with Crippen molar-refractivity contribution in [2.75, 3.05) is 33.0 Å². The maximum absolute atomic E-state index is 14.1. The van der Waals surface area contributed by atoms with E-state index in [4.69, 9.17) is 9.47 Å². The lowest BCUT2D eigenvalue weighted by molar-refractivity contribution is -0.0173. The Hall–Kier alpha value is -3.22. The monoisotopic (exact) mass is 432 g/mol. The van der Waals surface area contributed by atoms with E-state index in [0.29, 0.717) is 24.4 Å². The predicted molar refractivity (Wildman–Crippen MR) is 119 cm³/mol. The topological polar surface area (TPSA) is 42.0 Å². The molecule has 1 fully saturated rings. The summed E-state index contributed by atoms with van der Waals surface area (Å²) in [6.07, 6.45) is 0. The first-order chi connectivity index (χ1) is 15.7. The molecule has 0 N–H and O–H groups in total. The van der Waals surface area contributed by atoms with Gasteiger partial charge in [-0.25, -0.2) is 4.39 Å². The Morgan fingerprint density at radius 3 is 2.12 bits per heavy atom. The van der Waals surface area contributed by atoms with Crippen LogP contribution in [0.15, 0.2) is 72.8 Å². The number of hydrogen-bond acceptors (Lipinski definition) is 4. The molecule has 0 bridgehead atoms. The van der Waals surface area contributed by atoms with E-state index in [1.807, 2.05) is 12.1 Å². The Morgan fingerprint density at radius 1 is 0.875 bits per heavy atom. The fraction of sp³-hybridized carbons (Fsp3) is 0.269. The zero-order chi connectivity index (χ0) is 21.9. The summed E-state index contributed by atoms with van der Waals surface area (Å²) in [6.45, 7) is 2.90. The number of ether oxygens (including phenoxy) is 2. The molecule has 0 aliphatic carbocycles. The van der Waals surface area contributed by atoms with Gasteiger partial charge in [-0.1, -0.05) is 60.7 Å². The van der Waals surface area contributed by atoms with Crippen LogP contribution in [0.25, 0.3) is 0 Å². The largest absolute Gasteiger partial charge is 0.466 e. The molecule has 2 aliphatic heterocycles. The Bertz CT molecular complexity index is 1040. The van der Waals surface area contributed by atoms with Gasteiger partial charge in [0.05, 0.1) is 18.2 Å². The number of halogens is 1. The summed E-state index contributed by atoms with van der Waals surface area (Å²) in [4.78, 5) is 17.5. The lowest BCUT2D eigenvalue weighted by atomic mass is 9.96. The number of nitrogens with zero attached hydrogens (tertiary/aromatic N) is 2. The molecular formula is C26H25FN2O3. The van der Waals surface area contributed by atoms with Crippen LogP contribution in [0.2, 0.25) is 0 Å². The second-order valence-corrected chi connectivity index (χ2v) is 8.10. The molecule has 0 spiro atoms. The van der Waals surface area contributed by atoms with Gasteiger partial charge in [-0.3, -0.25) is 9.69 Å². The number of carbonyl (C=O) groups is 1. The van der Waals surface area contributed by atoms with Crippen molar-refractivity contribution in [1.82, 2.24) is 9.80 Å². The highest BCUT2D eigenvalue weighted by atomic mass is 19.1. The van der Waals surface area contributed by atoms with Gasteiger partial charge >= 0.3 is 0 Å². The van der Waals surface area contributed by atoms with Crippen LogP contribution < -0.4 is 4.74 Å². The summed E-state index contributed by atoms with van der Waals surface area (Å²) in [5.41, 5.74) is 3.31. The molecule has 2 heterocycles. The molecule has 5 nitrogen and oxygen atoms in total. The maximum atomic E-state index is 14.1. The van der Waals surface area contributed by atoms with Gasteiger partial charge in [0.25, 0.3) is 5.91 Å². The zero-order valence-electron chi connectivity index (χ0n) is 17.7. The fourth-order valence-corrected chi connectivity index (χ4v) is 4.58. The van der Waals surface area contributed by atoms with Crippen LogP contribution in [0.1, 0.15) is 33.1 Å². The van der Waals surface area contributed by atoms with Crippen LogP contribution in [0.5, 0.6) is 5.75 Å². The molecular weight excluding hydrogens is 407 g/mol. The first-order valence-corrected chi connectivity index (χ1v) is 10.9. The SMILES string of the molecule is O=C(c1cc(F)cc2c1OCOC2)N1CCN(C(c2ccccc2)c2ccccc2)CC1. The van der Waals surface area contributed by atoms with Crippen molar-refractivity contribution in [2.45, 2.75) is 12.6 Å². The highest BCUT2D eigenvalue weighted by Gasteiger charge is 2.31. The molecule has 164 valence electrons. The molecule has 6 heteroatoms. The van der Waals surface area contributed by atoms with Crippen molar-refractivity contribution < 1.29 is 18.7 Å². The number of fused-ring (bicyclic) bond motifs is 1. The molecule has 32 heavy (non-hydrogen) atoms. The van der Waals surface area contributed by atoms with Crippen molar-refractivity contribution in [3.8, 4) is 5.75 Å². The molecule has 3 aromatic carbocycles. The van der Waals surface area contributed by atoms with Crippen molar-refractivity contribution in [3.63, 3.8) is 0 Å². The third-order valence-electron chi connectivity index (χ3n) is 6.10. The summed E-state index contributed by atoms with van der Waals surface area (Å²) in [7, 11) is 0. The van der Waals surface area contributed by atoms with Gasteiger partial charge in [0.2, 0.25) is 0 Å². The van der Waals surface area contributed by atoms with Crippen molar-refractivity contribution in [2.24, 2.45) is 0 Å². The predicted octanol–water partition coefficient (Wildman–Crippen LogP) is 4.24. The van der Waals surface area contributed by atoms with Crippen molar-refractivity contribution >= 4 is 5.91 Å². The van der Waals surface area contributed by atoms with Crippen LogP contribution in [-0.2, 0) is 11.3 Å². The van der Waals surface area contributed by atoms with Crippen LogP contribution in [0.3, 0.4) is 0 Å². The summed E-state index contributed by atoms with van der Waals surface area (Å²) in [6, 6.07) is 23.6. The van der Waals surface area contributed by atoms with Gasteiger partial charge in [0, 0.05) is 31.7 Å². The number of rotatable bonds is 4. The summed E-state index contributed by atoms with van der Waals surface area (Å²) in [5, 5.41) is 0. The average Bonchev–Trinajstić information content (AvgIpc) is 2.85. The van der Waals surface area contributed by atoms with Crippen LogP contribution >= 0.6 is 0 Å². The van der Waals surface area contributed by atoms with Gasteiger partial charge in [-0.05, 0) is 23.3 Å². The number of carbonyl (C=O) groups excluding carboxylic acids is 1. The Morgan fingerprint density at radius 2 is 1.50 bits per heavy atom. The third kappa shape index (κ3) is 4.11. The van der Waals surface area contributed by atoms with E-state index in [1.54, 1.807) is 4.90 Å². The number of piperazine rings is 1. The maximum Gasteiger partial charge on any atom is 0.257 e. The second kappa shape index (κ2) is 9.10. The minimum Gasteiger partial charge on any atom is -0.466 e. The molecule has 0 radical (unpaired) electrons. The van der Waals surface area contributed by atoms with E-state index in [9.17, 15) is 9.18 Å². The molecule has 0 saturated carbocycles. The Kier molecular flexibility index (Phi) is 5.88. The van der Waals surface area contributed by atoms with Gasteiger partial charge in [0.1, 0.15) is 11.6 Å². The molecule has 1 amide bonds. The number of benzene rings is 3. The zero-order valence-corrected chi connectivity index (χ0v) is 17.7. The molecule has 2 aliphatic rings. The lowest BCUT2D eigenvalue weighted by Gasteiger charge is -2.40. The summed E-state index contributed by atoms with van der Waals surface area (Å²) >= 11 is 0. The van der Waals surface area contributed by atoms with Crippen LogP contribution in [0.4, 0.5) is 4.39 Å². The standard InChI is InChI=1S/C26H25FN2O3/c27-22-15-21-17-31-18-32-25(21)23(16-22)26(30)29-13-11-28(12-14-29)24(19-7-3-1-4-8-19)20-9-5-2-6-10-20/h1-10,15-16,24H,11-14,17-18H2. The molecule has 0 unspecified atom stereocenters. The molecule has 3 aromatic rings. The van der Waals surface area contributed by atoms with E-state index in [-0.39, 0.29) is 30.9 Å². The van der Waals surface area contributed by atoms with E-state index >= 15 is 0 Å². The normalized spacial score (nSPS) is 16.5. The minimum atomic E-state index is -0.451. The molecule has 0 aromatic heterocycles. The van der Waals surface area contributed by atoms with Gasteiger partial charge in [0.15, 0.2) is 6.79 Å². The Labute approximate surface area is 187 Å². The Balaban J connectivity index is 1.35. The van der Waals surface area contributed by atoms with E-state index in [1.165, 1.54) is 23.3 Å². The quantitative estimate of drug-likeness (QED) is 0.619. The minimum absolute atomic E-state index is 0.0719. The average molecular weight is 432 g/mol. The summed E-state index contributed by atoms with van der Waals surface area (Å²) in [5.74, 6) is -0.206.